The van der Waals surface area contributed by atoms with Crippen molar-refractivity contribution < 1.29 is 4.79 Å². The number of fused-ring (bicyclic) bond motifs is 1. The molecule has 0 bridgehead atoms. The molecule has 2 heterocycles. The molecule has 25 heavy (non-hydrogen) atoms. The minimum Gasteiger partial charge on any atom is -0.354 e. The van der Waals surface area contributed by atoms with E-state index in [0.717, 1.165) is 31.2 Å². The molecule has 1 aromatic heterocycles. The highest BCUT2D eigenvalue weighted by Crippen LogP contribution is 2.39. The summed E-state index contributed by atoms with van der Waals surface area (Å²) in [7, 11) is 0. The van der Waals surface area contributed by atoms with E-state index in [0.29, 0.717) is 19.0 Å². The molecule has 2 aliphatic rings. The summed E-state index contributed by atoms with van der Waals surface area (Å²) in [5.74, 6) is 2.85. The Balaban J connectivity index is 1.30. The number of amides is 1. The number of hydrogen-bond acceptors (Lipinski definition) is 4. The van der Waals surface area contributed by atoms with Crippen molar-refractivity contribution in [3.63, 3.8) is 0 Å². The Bertz CT molecular complexity index is 738. The number of rotatable bonds is 6. The summed E-state index contributed by atoms with van der Waals surface area (Å²) < 4.78 is 2.26. The van der Waals surface area contributed by atoms with Gasteiger partial charge in [-0.1, -0.05) is 30.3 Å². The Morgan fingerprint density at radius 2 is 2.04 bits per heavy atom. The molecule has 1 unspecified atom stereocenters. The summed E-state index contributed by atoms with van der Waals surface area (Å²) in [4.78, 5) is 14.7. The van der Waals surface area contributed by atoms with Gasteiger partial charge in [0.25, 0.3) is 0 Å². The van der Waals surface area contributed by atoms with Gasteiger partial charge < -0.3 is 9.88 Å². The number of aromatic nitrogens is 3. The summed E-state index contributed by atoms with van der Waals surface area (Å²) in [5.41, 5.74) is 1.24. The smallest absolute Gasteiger partial charge is 0.237 e. The first-order valence-electron chi connectivity index (χ1n) is 9.20. The largest absolute Gasteiger partial charge is 0.354 e. The van der Waals surface area contributed by atoms with Gasteiger partial charge in [0, 0.05) is 25.6 Å². The van der Waals surface area contributed by atoms with Crippen LogP contribution < -0.4 is 5.32 Å². The first kappa shape index (κ1) is 16.3. The fraction of sp³-hybridized carbons (Fsp3) is 0.526. The maximum Gasteiger partial charge on any atom is 0.237 e. The van der Waals surface area contributed by atoms with Crippen molar-refractivity contribution >= 4 is 5.91 Å². The molecule has 6 nitrogen and oxygen atoms in total. The Morgan fingerprint density at radius 3 is 2.80 bits per heavy atom. The van der Waals surface area contributed by atoms with Gasteiger partial charge in [-0.3, -0.25) is 9.69 Å². The molecule has 1 atom stereocenters. The lowest BCUT2D eigenvalue weighted by atomic mass is 10.1. The average molecular weight is 339 g/mol. The molecule has 4 rings (SSSR count). The fourth-order valence-corrected chi connectivity index (χ4v) is 3.46. The molecule has 0 saturated heterocycles. The van der Waals surface area contributed by atoms with Gasteiger partial charge in [-0.15, -0.1) is 10.2 Å². The molecule has 1 aliphatic heterocycles. The van der Waals surface area contributed by atoms with Crippen LogP contribution in [0.1, 0.15) is 42.9 Å². The summed E-state index contributed by atoms with van der Waals surface area (Å²) in [5, 5.41) is 11.8. The number of benzene rings is 1. The SMILES string of the molecule is CC(C(=O)NCCc1ccccc1)N1CCn2c(nnc2C2CC2)C1. The topological polar surface area (TPSA) is 63.1 Å². The lowest BCUT2D eigenvalue weighted by molar-refractivity contribution is -0.126. The van der Waals surface area contributed by atoms with Gasteiger partial charge in [-0.2, -0.15) is 0 Å². The zero-order chi connectivity index (χ0) is 17.2. The van der Waals surface area contributed by atoms with Gasteiger partial charge >= 0.3 is 0 Å². The molecule has 1 N–H and O–H groups in total. The minimum atomic E-state index is -0.148. The first-order valence-corrected chi connectivity index (χ1v) is 9.20. The molecule has 0 spiro atoms. The van der Waals surface area contributed by atoms with Crippen molar-refractivity contribution in [2.75, 3.05) is 13.1 Å². The number of carbonyl (C=O) groups is 1. The van der Waals surface area contributed by atoms with Crippen LogP contribution >= 0.6 is 0 Å². The van der Waals surface area contributed by atoms with Crippen molar-refractivity contribution in [1.82, 2.24) is 25.0 Å². The minimum absolute atomic E-state index is 0.0892. The van der Waals surface area contributed by atoms with E-state index in [1.54, 1.807) is 0 Å². The van der Waals surface area contributed by atoms with Gasteiger partial charge in [0.15, 0.2) is 0 Å². The Hall–Kier alpha value is -2.21. The molecule has 2 aromatic rings. The monoisotopic (exact) mass is 339 g/mol. The third-order valence-corrected chi connectivity index (χ3v) is 5.24. The standard InChI is InChI=1S/C19H25N5O/c1-14(19(25)20-10-9-15-5-3-2-4-6-15)23-11-12-24-17(13-23)21-22-18(24)16-7-8-16/h2-6,14,16H,7-13H2,1H3,(H,20,25). The van der Waals surface area contributed by atoms with E-state index in [-0.39, 0.29) is 11.9 Å². The lowest BCUT2D eigenvalue weighted by Crippen LogP contribution is -2.48. The third-order valence-electron chi connectivity index (χ3n) is 5.24. The molecule has 1 fully saturated rings. The van der Waals surface area contributed by atoms with E-state index < -0.39 is 0 Å². The van der Waals surface area contributed by atoms with Crippen molar-refractivity contribution in [3.05, 3.63) is 47.5 Å². The molecule has 1 aromatic carbocycles. The normalized spacial score (nSPS) is 18.6. The van der Waals surface area contributed by atoms with Crippen molar-refractivity contribution in [3.8, 4) is 0 Å². The maximum absolute atomic E-state index is 12.5. The van der Waals surface area contributed by atoms with Crippen LogP contribution in [0.5, 0.6) is 0 Å². The molecule has 1 aliphatic carbocycles. The maximum atomic E-state index is 12.5. The second-order valence-electron chi connectivity index (χ2n) is 7.07. The molecule has 1 saturated carbocycles. The van der Waals surface area contributed by atoms with Crippen LogP contribution in [0, 0.1) is 0 Å². The molecule has 132 valence electrons. The van der Waals surface area contributed by atoms with E-state index >= 15 is 0 Å². The summed E-state index contributed by atoms with van der Waals surface area (Å²) >= 11 is 0. The molecule has 0 radical (unpaired) electrons. The van der Waals surface area contributed by atoms with Gasteiger partial charge in [-0.05, 0) is 31.7 Å². The van der Waals surface area contributed by atoms with Gasteiger partial charge in [0.2, 0.25) is 5.91 Å². The highest BCUT2D eigenvalue weighted by Gasteiger charge is 2.33. The van der Waals surface area contributed by atoms with Crippen molar-refractivity contribution in [2.24, 2.45) is 0 Å². The predicted octanol–water partition coefficient (Wildman–Crippen LogP) is 1.72. The summed E-state index contributed by atoms with van der Waals surface area (Å²) in [6.07, 6.45) is 3.34. The van der Waals surface area contributed by atoms with E-state index in [9.17, 15) is 4.79 Å². The van der Waals surface area contributed by atoms with Crippen LogP contribution in [0.15, 0.2) is 30.3 Å². The molecule has 1 amide bonds. The fourth-order valence-electron chi connectivity index (χ4n) is 3.46. The predicted molar refractivity (Wildman–Crippen MR) is 95.0 cm³/mol. The van der Waals surface area contributed by atoms with Crippen LogP contribution in [0.4, 0.5) is 0 Å². The number of hydrogen-bond donors (Lipinski definition) is 1. The van der Waals surface area contributed by atoms with Crippen LogP contribution in [-0.4, -0.2) is 44.7 Å². The van der Waals surface area contributed by atoms with E-state index in [1.165, 1.54) is 18.4 Å². The van der Waals surface area contributed by atoms with E-state index in [2.05, 4.69) is 37.1 Å². The molecular weight excluding hydrogens is 314 g/mol. The van der Waals surface area contributed by atoms with Crippen LogP contribution in [0.3, 0.4) is 0 Å². The average Bonchev–Trinajstić information content (AvgIpc) is 3.40. The zero-order valence-corrected chi connectivity index (χ0v) is 14.7. The van der Waals surface area contributed by atoms with Crippen LogP contribution in [0.25, 0.3) is 0 Å². The van der Waals surface area contributed by atoms with Crippen LogP contribution in [-0.2, 0) is 24.3 Å². The van der Waals surface area contributed by atoms with E-state index in [4.69, 9.17) is 0 Å². The zero-order valence-electron chi connectivity index (χ0n) is 14.7. The Kier molecular flexibility index (Phi) is 4.53. The third kappa shape index (κ3) is 3.58. The second-order valence-corrected chi connectivity index (χ2v) is 7.07. The van der Waals surface area contributed by atoms with Crippen molar-refractivity contribution in [2.45, 2.75) is 51.2 Å². The van der Waals surface area contributed by atoms with Crippen molar-refractivity contribution in [1.29, 1.82) is 0 Å². The molecular formula is C19H25N5O. The first-order chi connectivity index (χ1) is 12.2. The second kappa shape index (κ2) is 6.96. The highest BCUT2D eigenvalue weighted by molar-refractivity contribution is 5.81. The summed E-state index contributed by atoms with van der Waals surface area (Å²) in [6, 6.07) is 10.1. The highest BCUT2D eigenvalue weighted by atomic mass is 16.2. The van der Waals surface area contributed by atoms with Gasteiger partial charge in [-0.25, -0.2) is 0 Å². The number of nitrogens with zero attached hydrogens (tertiary/aromatic N) is 4. The van der Waals surface area contributed by atoms with Crippen LogP contribution in [0.2, 0.25) is 0 Å². The Morgan fingerprint density at radius 1 is 1.24 bits per heavy atom. The lowest BCUT2D eigenvalue weighted by Gasteiger charge is -2.32. The summed E-state index contributed by atoms with van der Waals surface area (Å²) in [6.45, 7) is 5.11. The number of carbonyl (C=O) groups excluding carboxylic acids is 1. The van der Waals surface area contributed by atoms with Gasteiger partial charge in [0.1, 0.15) is 11.6 Å². The molecule has 6 heteroatoms. The number of nitrogens with one attached hydrogen (secondary N) is 1. The van der Waals surface area contributed by atoms with E-state index in [1.807, 2.05) is 25.1 Å². The Labute approximate surface area is 148 Å². The van der Waals surface area contributed by atoms with Gasteiger partial charge in [0.05, 0.1) is 12.6 Å². The quantitative estimate of drug-likeness (QED) is 0.870.